The summed E-state index contributed by atoms with van der Waals surface area (Å²) in [6, 6.07) is 25.7. The Morgan fingerprint density at radius 3 is 2.35 bits per heavy atom. The van der Waals surface area contributed by atoms with Crippen LogP contribution in [0.1, 0.15) is 53.0 Å². The number of benzene rings is 3. The van der Waals surface area contributed by atoms with Gasteiger partial charge in [0.2, 0.25) is 5.78 Å². The smallest absolute Gasteiger partial charge is 0.407 e. The van der Waals surface area contributed by atoms with E-state index in [0.717, 1.165) is 11.1 Å². The van der Waals surface area contributed by atoms with Crippen molar-refractivity contribution < 1.29 is 14.3 Å². The van der Waals surface area contributed by atoms with Crippen molar-refractivity contribution in [1.82, 2.24) is 15.1 Å². The van der Waals surface area contributed by atoms with Gasteiger partial charge >= 0.3 is 6.09 Å². The molecule has 2 N–H and O–H groups in total. The summed E-state index contributed by atoms with van der Waals surface area (Å²) < 4.78 is 6.89. The number of alkyl carbamates (subject to hydrolysis) is 1. The number of hydrogen-bond donors (Lipinski definition) is 2. The summed E-state index contributed by atoms with van der Waals surface area (Å²) in [6.07, 6.45) is -0.0329. The van der Waals surface area contributed by atoms with Crippen molar-refractivity contribution in [3.63, 3.8) is 0 Å². The third-order valence-corrected chi connectivity index (χ3v) is 6.54. The number of nitriles is 1. The number of halogens is 1. The summed E-state index contributed by atoms with van der Waals surface area (Å²) in [5, 5.41) is 21.3. The number of rotatable bonds is 10. The molecule has 4 rings (SSSR count). The van der Waals surface area contributed by atoms with E-state index in [4.69, 9.17) is 16.3 Å². The molecule has 0 fully saturated rings. The van der Waals surface area contributed by atoms with Gasteiger partial charge in [0.25, 0.3) is 0 Å². The predicted octanol–water partition coefficient (Wildman–Crippen LogP) is 6.44. The Morgan fingerprint density at radius 2 is 1.70 bits per heavy atom. The average molecular weight is 556 g/mol. The number of carbonyl (C=O) groups is 2. The first kappa shape index (κ1) is 28.4. The molecule has 8 nitrogen and oxygen atoms in total. The fourth-order valence-corrected chi connectivity index (χ4v) is 4.17. The number of hydrogen-bond acceptors (Lipinski definition) is 6. The monoisotopic (exact) mass is 555 g/mol. The Hall–Kier alpha value is -4.61. The van der Waals surface area contributed by atoms with Crippen LogP contribution in [0.3, 0.4) is 0 Å². The van der Waals surface area contributed by atoms with E-state index >= 15 is 0 Å². The molecule has 0 radical (unpaired) electrons. The molecule has 3 aromatic carbocycles. The molecule has 4 aromatic rings. The highest BCUT2D eigenvalue weighted by atomic mass is 35.5. The standard InChI is InChI=1S/C31H30ClN5O3/c1-21-9-11-23(12-10-21)28(38)27-26(19-33)29(37(36-27)25-15-13-24(32)14-16-25)34-18-17-31(2,3)35-30(39)40-20-22-7-5-4-6-8-22/h4-16,34H,17-18,20H2,1-3H3,(H,35,39). The largest absolute Gasteiger partial charge is 0.445 e. The Labute approximate surface area is 238 Å². The maximum absolute atomic E-state index is 13.4. The molecule has 0 aliphatic rings. The first-order valence-electron chi connectivity index (χ1n) is 12.8. The van der Waals surface area contributed by atoms with Crippen LogP contribution in [0.4, 0.5) is 10.6 Å². The van der Waals surface area contributed by atoms with Crippen LogP contribution >= 0.6 is 11.6 Å². The number of anilines is 1. The third-order valence-electron chi connectivity index (χ3n) is 6.29. The number of nitrogens with one attached hydrogen (secondary N) is 2. The normalized spacial score (nSPS) is 11.0. The highest BCUT2D eigenvalue weighted by molar-refractivity contribution is 6.30. The zero-order valence-corrected chi connectivity index (χ0v) is 23.3. The minimum atomic E-state index is -0.626. The van der Waals surface area contributed by atoms with E-state index in [2.05, 4.69) is 21.8 Å². The molecule has 1 amide bonds. The van der Waals surface area contributed by atoms with Crippen LogP contribution in [0.25, 0.3) is 5.69 Å². The van der Waals surface area contributed by atoms with Gasteiger partial charge in [0.15, 0.2) is 5.69 Å². The Balaban J connectivity index is 1.52. The Kier molecular flexibility index (Phi) is 8.87. The number of aromatic nitrogens is 2. The molecule has 0 bridgehead atoms. The summed E-state index contributed by atoms with van der Waals surface area (Å²) in [5.41, 5.74) is 2.54. The van der Waals surface area contributed by atoms with E-state index < -0.39 is 11.6 Å². The lowest BCUT2D eigenvalue weighted by atomic mass is 10.0. The molecule has 0 aliphatic carbocycles. The third kappa shape index (κ3) is 7.07. The van der Waals surface area contributed by atoms with Crippen molar-refractivity contribution in [1.29, 1.82) is 5.26 Å². The Bertz CT molecular complexity index is 1520. The first-order valence-corrected chi connectivity index (χ1v) is 13.2. The molecule has 1 aromatic heterocycles. The van der Waals surface area contributed by atoms with E-state index in [1.54, 1.807) is 36.4 Å². The summed E-state index contributed by atoms with van der Waals surface area (Å²) in [7, 11) is 0. The molecular formula is C31H30ClN5O3. The van der Waals surface area contributed by atoms with Crippen LogP contribution in [-0.4, -0.2) is 33.7 Å². The van der Waals surface area contributed by atoms with E-state index in [1.165, 1.54) is 4.68 Å². The lowest BCUT2D eigenvalue weighted by Crippen LogP contribution is -2.44. The van der Waals surface area contributed by atoms with Crippen LogP contribution in [0, 0.1) is 18.3 Å². The average Bonchev–Trinajstić information content (AvgIpc) is 3.31. The molecule has 9 heteroatoms. The van der Waals surface area contributed by atoms with E-state index in [0.29, 0.717) is 35.1 Å². The molecule has 0 unspecified atom stereocenters. The van der Waals surface area contributed by atoms with Gasteiger partial charge in [-0.3, -0.25) is 4.79 Å². The highest BCUT2D eigenvalue weighted by Gasteiger charge is 2.26. The lowest BCUT2D eigenvalue weighted by molar-refractivity contribution is 0.103. The molecule has 0 saturated heterocycles. The fraction of sp³-hybridized carbons (Fsp3) is 0.226. The van der Waals surface area contributed by atoms with Crippen LogP contribution in [0.5, 0.6) is 0 Å². The maximum atomic E-state index is 13.4. The van der Waals surface area contributed by atoms with Crippen molar-refractivity contribution in [2.75, 3.05) is 11.9 Å². The van der Waals surface area contributed by atoms with Gasteiger partial charge in [0.1, 0.15) is 24.1 Å². The summed E-state index contributed by atoms with van der Waals surface area (Å²) in [4.78, 5) is 25.8. The van der Waals surface area contributed by atoms with Crippen LogP contribution in [0.2, 0.25) is 5.02 Å². The molecule has 1 heterocycles. The van der Waals surface area contributed by atoms with E-state index in [-0.39, 0.29) is 23.6 Å². The number of aryl methyl sites for hydroxylation is 1. The minimum absolute atomic E-state index is 0.0469. The molecule has 0 atom stereocenters. The number of amides is 1. The highest BCUT2D eigenvalue weighted by Crippen LogP contribution is 2.27. The maximum Gasteiger partial charge on any atom is 0.407 e. The second kappa shape index (κ2) is 12.5. The van der Waals surface area contributed by atoms with Crippen LogP contribution < -0.4 is 10.6 Å². The zero-order valence-electron chi connectivity index (χ0n) is 22.6. The van der Waals surface area contributed by atoms with Crippen molar-refractivity contribution >= 4 is 29.3 Å². The summed E-state index contributed by atoms with van der Waals surface area (Å²) in [6.45, 7) is 6.24. The van der Waals surface area contributed by atoms with E-state index in [1.807, 2.05) is 63.2 Å². The van der Waals surface area contributed by atoms with Gasteiger partial charge < -0.3 is 15.4 Å². The topological polar surface area (TPSA) is 109 Å². The molecule has 204 valence electrons. The van der Waals surface area contributed by atoms with Crippen LogP contribution in [0.15, 0.2) is 78.9 Å². The van der Waals surface area contributed by atoms with Gasteiger partial charge in [-0.15, -0.1) is 0 Å². The van der Waals surface area contributed by atoms with E-state index in [9.17, 15) is 14.9 Å². The van der Waals surface area contributed by atoms with Crippen molar-refractivity contribution in [3.8, 4) is 11.8 Å². The van der Waals surface area contributed by atoms with Gasteiger partial charge in [-0.2, -0.15) is 10.4 Å². The number of ketones is 1. The second-order valence-corrected chi connectivity index (χ2v) is 10.5. The number of ether oxygens (including phenoxy) is 1. The molecule has 0 spiro atoms. The number of nitrogens with zero attached hydrogens (tertiary/aromatic N) is 3. The molecular weight excluding hydrogens is 526 g/mol. The van der Waals surface area contributed by atoms with Gasteiger partial charge in [-0.05, 0) is 57.0 Å². The van der Waals surface area contributed by atoms with Gasteiger partial charge in [-0.25, -0.2) is 9.48 Å². The lowest BCUT2D eigenvalue weighted by Gasteiger charge is -2.26. The quantitative estimate of drug-likeness (QED) is 0.218. The molecule has 0 aliphatic heterocycles. The van der Waals surface area contributed by atoms with Crippen molar-refractivity contribution in [3.05, 3.63) is 112 Å². The van der Waals surface area contributed by atoms with Gasteiger partial charge in [0.05, 0.1) is 5.69 Å². The van der Waals surface area contributed by atoms with Gasteiger partial charge in [0, 0.05) is 22.7 Å². The summed E-state index contributed by atoms with van der Waals surface area (Å²) in [5.74, 6) is 0.0261. The molecule has 0 saturated carbocycles. The van der Waals surface area contributed by atoms with Crippen molar-refractivity contribution in [2.45, 2.75) is 39.3 Å². The number of carbonyl (C=O) groups excluding carboxylic acids is 2. The SMILES string of the molecule is Cc1ccc(C(=O)c2nn(-c3ccc(Cl)cc3)c(NCCC(C)(C)NC(=O)OCc3ccccc3)c2C#N)cc1. The van der Waals surface area contributed by atoms with Crippen LogP contribution in [-0.2, 0) is 11.3 Å². The minimum Gasteiger partial charge on any atom is -0.445 e. The summed E-state index contributed by atoms with van der Waals surface area (Å²) >= 11 is 6.08. The predicted molar refractivity (Wildman–Crippen MR) is 155 cm³/mol. The first-order chi connectivity index (χ1) is 19.2. The molecule has 40 heavy (non-hydrogen) atoms. The fourth-order valence-electron chi connectivity index (χ4n) is 4.05. The van der Waals surface area contributed by atoms with Gasteiger partial charge in [-0.1, -0.05) is 71.8 Å². The Morgan fingerprint density at radius 1 is 1.02 bits per heavy atom. The van der Waals surface area contributed by atoms with Crippen molar-refractivity contribution in [2.24, 2.45) is 0 Å². The zero-order chi connectivity index (χ0) is 28.7. The second-order valence-electron chi connectivity index (χ2n) is 10.0.